The SMILES string of the molecule is O=S(=O)(CCc1ccncc1)N1C[C@@H]2CCN[C@@H]2C1. The van der Waals surface area contributed by atoms with Gasteiger partial charge in [-0.1, -0.05) is 0 Å². The first kappa shape index (κ1) is 13.0. The third-order valence-electron chi connectivity index (χ3n) is 4.12. The minimum Gasteiger partial charge on any atom is -0.312 e. The van der Waals surface area contributed by atoms with Crippen molar-refractivity contribution in [2.45, 2.75) is 18.9 Å². The maximum atomic E-state index is 12.3. The van der Waals surface area contributed by atoms with Gasteiger partial charge in [0, 0.05) is 31.5 Å². The van der Waals surface area contributed by atoms with Gasteiger partial charge in [-0.25, -0.2) is 12.7 Å². The molecule has 0 spiro atoms. The molecule has 2 saturated heterocycles. The Kier molecular flexibility index (Phi) is 3.56. The molecule has 6 heteroatoms. The highest BCUT2D eigenvalue weighted by Crippen LogP contribution is 2.26. The highest BCUT2D eigenvalue weighted by molar-refractivity contribution is 7.89. The maximum absolute atomic E-state index is 12.3. The Hall–Kier alpha value is -0.980. The van der Waals surface area contributed by atoms with Gasteiger partial charge in [-0.15, -0.1) is 0 Å². The minimum atomic E-state index is -3.13. The normalized spacial score (nSPS) is 27.6. The number of nitrogens with one attached hydrogen (secondary N) is 1. The van der Waals surface area contributed by atoms with E-state index in [1.54, 1.807) is 16.7 Å². The molecule has 1 N–H and O–H groups in total. The number of fused-ring (bicyclic) bond motifs is 1. The molecular formula is C13H19N3O2S. The molecule has 2 aliphatic heterocycles. The van der Waals surface area contributed by atoms with Crippen molar-refractivity contribution < 1.29 is 8.42 Å². The monoisotopic (exact) mass is 281 g/mol. The number of hydrogen-bond donors (Lipinski definition) is 1. The van der Waals surface area contributed by atoms with Crippen LogP contribution in [0.1, 0.15) is 12.0 Å². The summed E-state index contributed by atoms with van der Waals surface area (Å²) >= 11 is 0. The summed E-state index contributed by atoms with van der Waals surface area (Å²) < 4.78 is 26.3. The van der Waals surface area contributed by atoms with Gasteiger partial charge in [0.25, 0.3) is 0 Å². The molecule has 2 atom stereocenters. The van der Waals surface area contributed by atoms with E-state index in [0.29, 0.717) is 31.5 Å². The number of sulfonamides is 1. The Balaban J connectivity index is 1.61. The van der Waals surface area contributed by atoms with Gasteiger partial charge in [0.2, 0.25) is 10.0 Å². The second-order valence-electron chi connectivity index (χ2n) is 5.35. The summed E-state index contributed by atoms with van der Waals surface area (Å²) in [5.74, 6) is 0.701. The third-order valence-corrected chi connectivity index (χ3v) is 5.93. The van der Waals surface area contributed by atoms with Gasteiger partial charge in [0.15, 0.2) is 0 Å². The van der Waals surface area contributed by atoms with E-state index in [-0.39, 0.29) is 5.75 Å². The molecule has 0 bridgehead atoms. The van der Waals surface area contributed by atoms with Crippen molar-refractivity contribution in [2.75, 3.05) is 25.4 Å². The highest BCUT2D eigenvalue weighted by atomic mass is 32.2. The van der Waals surface area contributed by atoms with Crippen LogP contribution in [0, 0.1) is 5.92 Å². The third kappa shape index (κ3) is 2.80. The lowest BCUT2D eigenvalue weighted by atomic mass is 10.1. The Morgan fingerprint density at radius 3 is 2.84 bits per heavy atom. The van der Waals surface area contributed by atoms with Crippen molar-refractivity contribution in [3.63, 3.8) is 0 Å². The zero-order valence-corrected chi connectivity index (χ0v) is 11.6. The molecule has 2 aliphatic rings. The largest absolute Gasteiger partial charge is 0.312 e. The molecule has 1 aromatic heterocycles. The molecule has 0 aliphatic carbocycles. The summed E-state index contributed by atoms with van der Waals surface area (Å²) in [7, 11) is -3.13. The van der Waals surface area contributed by atoms with E-state index in [2.05, 4.69) is 10.3 Å². The van der Waals surface area contributed by atoms with Crippen LogP contribution in [0.3, 0.4) is 0 Å². The predicted octanol–water partition coefficient (Wildman–Crippen LogP) is 0.248. The van der Waals surface area contributed by atoms with Crippen LogP contribution in [0.25, 0.3) is 0 Å². The van der Waals surface area contributed by atoms with Gasteiger partial charge in [-0.2, -0.15) is 0 Å². The van der Waals surface area contributed by atoms with Gasteiger partial charge >= 0.3 is 0 Å². The van der Waals surface area contributed by atoms with Crippen molar-refractivity contribution in [3.8, 4) is 0 Å². The van der Waals surface area contributed by atoms with Gasteiger partial charge in [-0.3, -0.25) is 4.98 Å². The second kappa shape index (κ2) is 5.19. The van der Waals surface area contributed by atoms with E-state index in [9.17, 15) is 8.42 Å². The second-order valence-corrected chi connectivity index (χ2v) is 7.44. The summed E-state index contributed by atoms with van der Waals surface area (Å²) in [5.41, 5.74) is 1.02. The van der Waals surface area contributed by atoms with Crippen molar-refractivity contribution in [1.29, 1.82) is 0 Å². The van der Waals surface area contributed by atoms with Crippen molar-refractivity contribution in [3.05, 3.63) is 30.1 Å². The molecular weight excluding hydrogens is 262 g/mol. The summed E-state index contributed by atoms with van der Waals surface area (Å²) in [6, 6.07) is 4.11. The Morgan fingerprint density at radius 1 is 1.32 bits per heavy atom. The van der Waals surface area contributed by atoms with Crippen LogP contribution in [-0.2, 0) is 16.4 Å². The number of hydrogen-bond acceptors (Lipinski definition) is 4. The maximum Gasteiger partial charge on any atom is 0.214 e. The number of aromatic nitrogens is 1. The highest BCUT2D eigenvalue weighted by Gasteiger charge is 2.40. The number of pyridine rings is 1. The Bertz CT molecular complexity index is 520. The van der Waals surface area contributed by atoms with Crippen molar-refractivity contribution >= 4 is 10.0 Å². The first-order chi connectivity index (χ1) is 9.15. The summed E-state index contributed by atoms with van der Waals surface area (Å²) in [6.07, 6.45) is 5.06. The van der Waals surface area contributed by atoms with Crippen LogP contribution < -0.4 is 5.32 Å². The van der Waals surface area contributed by atoms with Crippen molar-refractivity contribution in [1.82, 2.24) is 14.6 Å². The lowest BCUT2D eigenvalue weighted by Gasteiger charge is -2.17. The summed E-state index contributed by atoms with van der Waals surface area (Å²) in [6.45, 7) is 2.36. The number of nitrogens with zero attached hydrogens (tertiary/aromatic N) is 2. The van der Waals surface area contributed by atoms with Crippen LogP contribution in [0.5, 0.6) is 0 Å². The molecule has 3 heterocycles. The smallest absolute Gasteiger partial charge is 0.214 e. The van der Waals surface area contributed by atoms with Crippen molar-refractivity contribution in [2.24, 2.45) is 5.92 Å². The summed E-state index contributed by atoms with van der Waals surface area (Å²) in [5, 5.41) is 3.38. The first-order valence-electron chi connectivity index (χ1n) is 6.75. The van der Waals surface area contributed by atoms with E-state index in [1.165, 1.54) is 0 Å². The molecule has 104 valence electrons. The average molecular weight is 281 g/mol. The molecule has 0 saturated carbocycles. The van der Waals surface area contributed by atoms with Crippen LogP contribution in [-0.4, -0.2) is 49.1 Å². The van der Waals surface area contributed by atoms with Gasteiger partial charge in [0.1, 0.15) is 0 Å². The molecule has 1 aromatic rings. The van der Waals surface area contributed by atoms with E-state index >= 15 is 0 Å². The molecule has 5 nitrogen and oxygen atoms in total. The lowest BCUT2D eigenvalue weighted by molar-refractivity contribution is 0.448. The molecule has 0 radical (unpaired) electrons. The molecule has 19 heavy (non-hydrogen) atoms. The van der Waals surface area contributed by atoms with Crippen LogP contribution in [0.4, 0.5) is 0 Å². The lowest BCUT2D eigenvalue weighted by Crippen LogP contribution is -2.35. The van der Waals surface area contributed by atoms with E-state index in [1.807, 2.05) is 12.1 Å². The standard InChI is InChI=1S/C13H19N3O2S/c17-19(18,8-4-11-1-5-14-6-2-11)16-9-12-3-7-15-13(12)10-16/h1-2,5-6,12-13,15H,3-4,7-10H2/t12-,13+/m0/s1. The van der Waals surface area contributed by atoms with Gasteiger partial charge in [0.05, 0.1) is 5.75 Å². The molecule has 2 fully saturated rings. The average Bonchev–Trinajstić information content (AvgIpc) is 2.99. The molecule has 0 unspecified atom stereocenters. The summed E-state index contributed by atoms with van der Waals surface area (Å²) in [4.78, 5) is 3.94. The zero-order valence-electron chi connectivity index (χ0n) is 10.8. The van der Waals surface area contributed by atoms with E-state index in [4.69, 9.17) is 0 Å². The minimum absolute atomic E-state index is 0.191. The molecule has 0 amide bonds. The van der Waals surface area contributed by atoms with Gasteiger partial charge in [-0.05, 0) is 43.0 Å². The van der Waals surface area contributed by atoms with Crippen LogP contribution in [0.2, 0.25) is 0 Å². The first-order valence-corrected chi connectivity index (χ1v) is 8.36. The topological polar surface area (TPSA) is 62.3 Å². The zero-order chi connectivity index (χ0) is 13.3. The molecule has 0 aromatic carbocycles. The van der Waals surface area contributed by atoms with Crippen LogP contribution in [0.15, 0.2) is 24.5 Å². The fraction of sp³-hybridized carbons (Fsp3) is 0.615. The van der Waals surface area contributed by atoms with Crippen LogP contribution >= 0.6 is 0 Å². The fourth-order valence-corrected chi connectivity index (χ4v) is 4.52. The Morgan fingerprint density at radius 2 is 2.11 bits per heavy atom. The Labute approximate surface area is 114 Å². The number of rotatable bonds is 4. The predicted molar refractivity (Wildman–Crippen MR) is 73.2 cm³/mol. The quantitative estimate of drug-likeness (QED) is 0.859. The molecule has 3 rings (SSSR count). The van der Waals surface area contributed by atoms with E-state index in [0.717, 1.165) is 18.5 Å². The fourth-order valence-electron chi connectivity index (χ4n) is 2.96. The number of aryl methyl sites for hydroxylation is 1. The van der Waals surface area contributed by atoms with Gasteiger partial charge < -0.3 is 5.32 Å². The van der Waals surface area contributed by atoms with E-state index < -0.39 is 10.0 Å².